The number of aromatic nitrogens is 4. The quantitative estimate of drug-likeness (QED) is 0.156. The van der Waals surface area contributed by atoms with Crippen LogP contribution >= 0.6 is 22.7 Å². The number of benzene rings is 16. The van der Waals surface area contributed by atoms with Crippen molar-refractivity contribution >= 4 is 183 Å². The Kier molecular flexibility index (Phi) is 11.4. The van der Waals surface area contributed by atoms with Crippen molar-refractivity contribution in [3.05, 3.63) is 314 Å². The van der Waals surface area contributed by atoms with Crippen molar-refractivity contribution in [3.63, 3.8) is 0 Å². The van der Waals surface area contributed by atoms with Crippen molar-refractivity contribution in [2.45, 2.75) is 0 Å². The highest BCUT2D eigenvalue weighted by atomic mass is 32.1. The van der Waals surface area contributed by atoms with Crippen molar-refractivity contribution in [3.8, 4) is 57.1 Å². The number of hydrogen-bond acceptors (Lipinski definition) is 4. The highest BCUT2D eigenvalue weighted by Crippen LogP contribution is 2.53. The van der Waals surface area contributed by atoms with Crippen molar-refractivity contribution in [1.29, 1.82) is 10.5 Å². The van der Waals surface area contributed by atoms with E-state index in [4.69, 9.17) is 0 Å². The van der Waals surface area contributed by atoms with Gasteiger partial charge in [0, 0.05) is 74.0 Å². The zero-order chi connectivity index (χ0) is 65.6. The highest BCUT2D eigenvalue weighted by molar-refractivity contribution is 7.27. The first-order chi connectivity index (χ1) is 49.6. The van der Waals surface area contributed by atoms with Gasteiger partial charge in [-0.05, 0) is 109 Å². The van der Waals surface area contributed by atoms with E-state index in [0.717, 1.165) is 171 Å². The predicted molar refractivity (Wildman–Crippen MR) is 422 cm³/mol. The molecule has 0 N–H and O–H groups in total. The first kappa shape index (κ1) is 55.1. The molecule has 100 heavy (non-hydrogen) atoms. The highest BCUT2D eigenvalue weighted by Gasteiger charge is 2.36. The summed E-state index contributed by atoms with van der Waals surface area (Å²) in [6.07, 6.45) is 0. The van der Waals surface area contributed by atoms with Gasteiger partial charge in [-0.2, -0.15) is 10.5 Å². The summed E-state index contributed by atoms with van der Waals surface area (Å²) < 4.78 is 14.0. The first-order valence-electron chi connectivity index (χ1n) is 33.8. The summed E-state index contributed by atoms with van der Waals surface area (Å²) in [7, 11) is 0. The summed E-state index contributed by atoms with van der Waals surface area (Å²) in [5.41, 5.74) is 14.8. The molecular formula is C92H50N6S2. The molecular weight excluding hydrogens is 1250 g/mol. The average Bonchev–Trinajstić information content (AvgIpc) is 1.49. The van der Waals surface area contributed by atoms with Crippen LogP contribution in [-0.2, 0) is 0 Å². The maximum Gasteiger partial charge on any atom is 0.104 e. The fraction of sp³-hybridized carbons (Fsp3) is 0. The van der Waals surface area contributed by atoms with Gasteiger partial charge in [0.25, 0.3) is 0 Å². The van der Waals surface area contributed by atoms with Crippen LogP contribution in [0.1, 0.15) is 11.1 Å². The molecule has 6 aromatic heterocycles. The lowest BCUT2D eigenvalue weighted by molar-refractivity contribution is 1.03. The molecule has 0 aliphatic carbocycles. The van der Waals surface area contributed by atoms with E-state index in [9.17, 15) is 10.5 Å². The molecule has 22 rings (SSSR count). The maximum atomic E-state index is 13.6. The molecule has 0 saturated heterocycles. The lowest BCUT2D eigenvalue weighted by atomic mass is 9.93. The summed E-state index contributed by atoms with van der Waals surface area (Å²) in [6, 6.07) is 116. The molecule has 16 aromatic carbocycles. The van der Waals surface area contributed by atoms with E-state index in [2.05, 4.69) is 334 Å². The van der Waals surface area contributed by atoms with Gasteiger partial charge in [-0.15, -0.1) is 22.7 Å². The van der Waals surface area contributed by atoms with Crippen LogP contribution in [-0.4, -0.2) is 18.3 Å². The van der Waals surface area contributed by atoms with Crippen molar-refractivity contribution in [2.24, 2.45) is 0 Å². The Morgan fingerprint density at radius 1 is 0.230 bits per heavy atom. The molecule has 0 spiro atoms. The van der Waals surface area contributed by atoms with E-state index in [-0.39, 0.29) is 0 Å². The molecule has 0 aliphatic heterocycles. The number of hydrogen-bond donors (Lipinski definition) is 0. The average molecular weight is 1300 g/mol. The largest absolute Gasteiger partial charge is 0.306 e. The van der Waals surface area contributed by atoms with Crippen LogP contribution in [0.3, 0.4) is 0 Å². The van der Waals surface area contributed by atoms with Crippen LogP contribution in [0, 0.1) is 22.7 Å². The predicted octanol–water partition coefficient (Wildman–Crippen LogP) is 25.3. The molecule has 0 unspecified atom stereocenters. The number of fused-ring (bicyclic) bond motifs is 24. The Balaban J connectivity index is 1.02. The van der Waals surface area contributed by atoms with E-state index in [1.165, 1.54) is 10.8 Å². The molecule has 0 fully saturated rings. The van der Waals surface area contributed by atoms with Gasteiger partial charge in [0.15, 0.2) is 0 Å². The third kappa shape index (κ3) is 7.42. The SMILES string of the molecule is N#Cc1c(-n2c3ccccc3c3ccccc32)c(-n2c3cc(-c4cc5ccccc5c5ccccc45)ccc3c3ccc4c5ccccc5sc4c32)c(C#N)c(-n2c3ccccc3c3ccccc32)c1-n1c2cc(-c3cccc4ccccc34)ccc2c2ccc3c4ccccc4sc3c21. The Hall–Kier alpha value is -13.1. The summed E-state index contributed by atoms with van der Waals surface area (Å²) in [5.74, 6) is 0. The molecule has 6 nitrogen and oxygen atoms in total. The number of rotatable bonds is 6. The fourth-order valence-corrected chi connectivity index (χ4v) is 19.7. The number of nitriles is 2. The minimum Gasteiger partial charge on any atom is -0.306 e. The van der Waals surface area contributed by atoms with Crippen LogP contribution in [0.2, 0.25) is 0 Å². The second-order valence-electron chi connectivity index (χ2n) is 26.3. The molecule has 0 saturated carbocycles. The molecule has 460 valence electrons. The Morgan fingerprint density at radius 3 is 1.07 bits per heavy atom. The van der Waals surface area contributed by atoms with Gasteiger partial charge in [0.2, 0.25) is 0 Å². The summed E-state index contributed by atoms with van der Waals surface area (Å²) in [5, 5.41) is 47.0. The van der Waals surface area contributed by atoms with Crippen LogP contribution in [0.15, 0.2) is 303 Å². The third-order valence-corrected chi connectivity index (χ3v) is 23.8. The second-order valence-corrected chi connectivity index (χ2v) is 28.4. The van der Waals surface area contributed by atoms with Gasteiger partial charge in [-0.3, -0.25) is 0 Å². The van der Waals surface area contributed by atoms with Gasteiger partial charge in [0.1, 0.15) is 23.3 Å². The third-order valence-electron chi connectivity index (χ3n) is 21.4. The number of nitrogens with zero attached hydrogens (tertiary/aromatic N) is 6. The van der Waals surface area contributed by atoms with Gasteiger partial charge in [-0.1, -0.05) is 249 Å². The Morgan fingerprint density at radius 2 is 0.580 bits per heavy atom. The summed E-state index contributed by atoms with van der Waals surface area (Å²) >= 11 is 3.56. The van der Waals surface area contributed by atoms with E-state index in [1.807, 2.05) is 0 Å². The monoisotopic (exact) mass is 1300 g/mol. The summed E-state index contributed by atoms with van der Waals surface area (Å²) in [6.45, 7) is 0. The minimum atomic E-state index is 0.402. The normalized spacial score (nSPS) is 12.2. The molecule has 6 heterocycles. The van der Waals surface area contributed by atoms with Gasteiger partial charge < -0.3 is 18.3 Å². The Labute approximate surface area is 578 Å². The zero-order valence-corrected chi connectivity index (χ0v) is 55.0. The van der Waals surface area contributed by atoms with Crippen molar-refractivity contribution in [1.82, 2.24) is 18.3 Å². The molecule has 22 aromatic rings. The molecule has 0 aliphatic rings. The van der Waals surface area contributed by atoms with Crippen molar-refractivity contribution < 1.29 is 0 Å². The van der Waals surface area contributed by atoms with E-state index in [1.54, 1.807) is 22.7 Å². The van der Waals surface area contributed by atoms with Gasteiger partial charge in [-0.25, -0.2) is 0 Å². The summed E-state index contributed by atoms with van der Waals surface area (Å²) in [4.78, 5) is 0. The van der Waals surface area contributed by atoms with E-state index >= 15 is 0 Å². The second kappa shape index (κ2) is 20.7. The van der Waals surface area contributed by atoms with Crippen LogP contribution in [0.5, 0.6) is 0 Å². The van der Waals surface area contributed by atoms with Gasteiger partial charge in [0.05, 0.1) is 76.3 Å². The minimum absolute atomic E-state index is 0.402. The standard InChI is InChI=1S/C92H50N6S2/c93-51-75-86(96-79-36-15-9-29-64(79)65-30-10-16-37-80(65)96)88(98-82-50-56(74-48-54-21-2-4-24-59(54)60-25-5-6-26-61(60)74)41-43-67(82)71-45-47-73-69-32-12-18-39-84(69)100-92(73)90(71)98)76(52-94)85(95-77-34-13-7-27-62(77)63-28-8-14-35-78(63)95)87(75)97-81-49-55(58-33-19-22-53-20-1-3-23-57(53)58)40-42-66(81)70-44-46-72-68-31-11-17-38-83(68)99-91(72)89(70)97/h1-50H. The van der Waals surface area contributed by atoms with E-state index in [0.29, 0.717) is 33.9 Å². The Bertz CT molecular complexity index is 7400. The lowest BCUT2D eigenvalue weighted by Gasteiger charge is -2.27. The number of para-hydroxylation sites is 4. The molecule has 0 atom stereocenters. The van der Waals surface area contributed by atoms with E-state index < -0.39 is 0 Å². The smallest absolute Gasteiger partial charge is 0.104 e. The number of thiophene rings is 2. The van der Waals surface area contributed by atoms with Crippen LogP contribution in [0.25, 0.3) is 205 Å². The fourth-order valence-electron chi connectivity index (χ4n) is 17.2. The molecule has 0 bridgehead atoms. The first-order valence-corrected chi connectivity index (χ1v) is 35.4. The zero-order valence-electron chi connectivity index (χ0n) is 53.4. The molecule has 0 amide bonds. The van der Waals surface area contributed by atoms with Gasteiger partial charge >= 0.3 is 0 Å². The van der Waals surface area contributed by atoms with Crippen LogP contribution in [0.4, 0.5) is 0 Å². The maximum absolute atomic E-state index is 13.6. The topological polar surface area (TPSA) is 67.3 Å². The molecule has 0 radical (unpaired) electrons. The van der Waals surface area contributed by atoms with Crippen molar-refractivity contribution in [2.75, 3.05) is 0 Å². The van der Waals surface area contributed by atoms with Crippen LogP contribution < -0.4 is 0 Å². The molecule has 8 heteroatoms. The lowest BCUT2D eigenvalue weighted by Crippen LogP contribution is -2.16.